The number of nitrogens with one attached hydrogen (secondary N) is 4. The summed E-state index contributed by atoms with van der Waals surface area (Å²) < 4.78 is 4.95. The van der Waals surface area contributed by atoms with Crippen LogP contribution in [-0.2, 0) is 28.7 Å². The van der Waals surface area contributed by atoms with Crippen molar-refractivity contribution in [3.05, 3.63) is 48.0 Å². The monoisotopic (exact) mass is 526 g/mol. The molecule has 1 saturated carbocycles. The number of carbonyl (C=O) groups is 5. The van der Waals surface area contributed by atoms with Crippen LogP contribution in [0.5, 0.6) is 0 Å². The molecule has 0 bridgehead atoms. The summed E-state index contributed by atoms with van der Waals surface area (Å²) in [5, 5.41) is 11.3. The summed E-state index contributed by atoms with van der Waals surface area (Å²) in [6.45, 7) is 6.12. The third-order valence-electron chi connectivity index (χ3n) is 6.66. The van der Waals surface area contributed by atoms with Crippen LogP contribution in [0, 0.1) is 17.8 Å². The average molecular weight is 527 g/mol. The molecule has 0 radical (unpaired) electrons. The van der Waals surface area contributed by atoms with Crippen molar-refractivity contribution in [3.63, 3.8) is 0 Å². The Morgan fingerprint density at radius 3 is 2.32 bits per heavy atom. The molecule has 38 heavy (non-hydrogen) atoms. The second-order valence-electron chi connectivity index (χ2n) is 10.1. The largest absolute Gasteiger partial charge is 0.463 e. The average Bonchev–Trinajstić information content (AvgIpc) is 3.67. The van der Waals surface area contributed by atoms with E-state index in [1.165, 1.54) is 12.2 Å². The van der Waals surface area contributed by atoms with Crippen LogP contribution in [-0.4, -0.2) is 54.8 Å². The predicted molar refractivity (Wildman–Crippen MR) is 140 cm³/mol. The molecular formula is C28H38N4O6. The highest BCUT2D eigenvalue weighted by Crippen LogP contribution is 2.29. The van der Waals surface area contributed by atoms with E-state index < -0.39 is 35.9 Å². The lowest BCUT2D eigenvalue weighted by molar-refractivity contribution is -0.137. The van der Waals surface area contributed by atoms with Gasteiger partial charge in [-0.25, -0.2) is 4.79 Å². The smallest absolute Gasteiger partial charge is 0.330 e. The van der Waals surface area contributed by atoms with Gasteiger partial charge in [-0.05, 0) is 44.1 Å². The number of hydrogen-bond donors (Lipinski definition) is 4. The molecule has 3 rings (SSSR count). The quantitative estimate of drug-likeness (QED) is 0.227. The van der Waals surface area contributed by atoms with Gasteiger partial charge in [0.25, 0.3) is 0 Å². The highest BCUT2D eigenvalue weighted by molar-refractivity contribution is 5.93. The Morgan fingerprint density at radius 1 is 1.03 bits per heavy atom. The van der Waals surface area contributed by atoms with Crippen LogP contribution in [0.1, 0.15) is 58.1 Å². The van der Waals surface area contributed by atoms with Crippen LogP contribution in [0.15, 0.2) is 42.5 Å². The second-order valence-corrected chi connectivity index (χ2v) is 10.1. The van der Waals surface area contributed by atoms with Crippen molar-refractivity contribution in [1.82, 2.24) is 21.3 Å². The molecule has 1 aliphatic carbocycles. The Bertz CT molecular complexity index is 1040. The lowest BCUT2D eigenvalue weighted by Gasteiger charge is -2.27. The fourth-order valence-electron chi connectivity index (χ4n) is 4.34. The molecule has 4 atom stereocenters. The van der Waals surface area contributed by atoms with E-state index in [4.69, 9.17) is 4.74 Å². The molecule has 2 aliphatic rings. The summed E-state index contributed by atoms with van der Waals surface area (Å²) in [5.74, 6) is -2.35. The Hall–Kier alpha value is -3.69. The lowest BCUT2D eigenvalue weighted by Crippen LogP contribution is -2.53. The first-order valence-corrected chi connectivity index (χ1v) is 13.3. The zero-order chi connectivity index (χ0) is 27.7. The van der Waals surface area contributed by atoms with E-state index in [1.54, 1.807) is 37.3 Å². The van der Waals surface area contributed by atoms with E-state index in [-0.39, 0.29) is 42.6 Å². The molecule has 10 nitrogen and oxygen atoms in total. The summed E-state index contributed by atoms with van der Waals surface area (Å²) in [6, 6.07) is 6.27. The van der Waals surface area contributed by atoms with Crippen LogP contribution in [0.2, 0.25) is 0 Å². The minimum Gasteiger partial charge on any atom is -0.463 e. The lowest BCUT2D eigenvalue weighted by atomic mass is 9.97. The zero-order valence-electron chi connectivity index (χ0n) is 22.2. The minimum atomic E-state index is -1.06. The van der Waals surface area contributed by atoms with Crippen molar-refractivity contribution < 1.29 is 28.7 Å². The maximum atomic E-state index is 13.6. The number of hydrogen-bond acceptors (Lipinski definition) is 6. The molecular weight excluding hydrogens is 488 g/mol. The van der Waals surface area contributed by atoms with Crippen LogP contribution in [0.3, 0.4) is 0 Å². The number of ether oxygens (including phenoxy) is 1. The van der Waals surface area contributed by atoms with E-state index in [9.17, 15) is 24.0 Å². The Labute approximate surface area is 223 Å². The molecule has 1 aliphatic heterocycles. The van der Waals surface area contributed by atoms with Gasteiger partial charge < -0.3 is 26.0 Å². The fourth-order valence-corrected chi connectivity index (χ4v) is 4.34. The molecule has 0 unspecified atom stereocenters. The van der Waals surface area contributed by atoms with Gasteiger partial charge in [0.2, 0.25) is 23.6 Å². The van der Waals surface area contributed by atoms with Crippen LogP contribution in [0.4, 0.5) is 0 Å². The fraction of sp³-hybridized carbons (Fsp3) is 0.536. The Balaban J connectivity index is 1.79. The molecule has 4 amide bonds. The highest BCUT2D eigenvalue weighted by Gasteiger charge is 2.35. The number of amides is 4. The van der Waals surface area contributed by atoms with Gasteiger partial charge in [-0.15, -0.1) is 0 Å². The van der Waals surface area contributed by atoms with Gasteiger partial charge in [0.15, 0.2) is 0 Å². The Morgan fingerprint density at radius 2 is 1.74 bits per heavy atom. The molecule has 2 fully saturated rings. The molecule has 1 heterocycles. The van der Waals surface area contributed by atoms with Gasteiger partial charge in [-0.1, -0.05) is 50.3 Å². The van der Waals surface area contributed by atoms with Crippen molar-refractivity contribution in [2.45, 2.75) is 64.6 Å². The maximum absolute atomic E-state index is 13.6. The molecule has 206 valence electrons. The number of benzene rings is 1. The maximum Gasteiger partial charge on any atom is 0.330 e. The van der Waals surface area contributed by atoms with Crippen molar-refractivity contribution in [2.75, 3.05) is 13.2 Å². The topological polar surface area (TPSA) is 143 Å². The molecule has 1 saturated heterocycles. The van der Waals surface area contributed by atoms with Crippen LogP contribution in [0.25, 0.3) is 0 Å². The summed E-state index contributed by atoms with van der Waals surface area (Å²) >= 11 is 0. The van der Waals surface area contributed by atoms with Gasteiger partial charge in [0.05, 0.1) is 6.61 Å². The van der Waals surface area contributed by atoms with Gasteiger partial charge in [-0.3, -0.25) is 19.2 Å². The third kappa shape index (κ3) is 8.43. The van der Waals surface area contributed by atoms with E-state index >= 15 is 0 Å². The Kier molecular flexibility index (Phi) is 10.4. The first kappa shape index (κ1) is 28.9. The molecule has 10 heteroatoms. The van der Waals surface area contributed by atoms with Gasteiger partial charge >= 0.3 is 5.97 Å². The number of carbonyl (C=O) groups excluding carboxylic acids is 5. The van der Waals surface area contributed by atoms with Crippen LogP contribution < -0.4 is 21.3 Å². The van der Waals surface area contributed by atoms with E-state index in [0.717, 1.165) is 12.8 Å². The SMILES string of the molecule is CCOC(=O)/C=C/[C@H](C[C@@H]1CCNC1=O)NC(=O)[C@@H](NC(=O)[C@@H](NC(=O)C1CC1)C(C)C)c1ccccc1. The van der Waals surface area contributed by atoms with Crippen molar-refractivity contribution in [3.8, 4) is 0 Å². The third-order valence-corrected chi connectivity index (χ3v) is 6.66. The summed E-state index contributed by atoms with van der Waals surface area (Å²) in [7, 11) is 0. The molecule has 0 aromatic heterocycles. The zero-order valence-corrected chi connectivity index (χ0v) is 22.2. The summed E-state index contributed by atoms with van der Waals surface area (Å²) in [6.07, 6.45) is 5.28. The van der Waals surface area contributed by atoms with E-state index in [2.05, 4.69) is 21.3 Å². The number of rotatable bonds is 13. The van der Waals surface area contributed by atoms with E-state index in [1.807, 2.05) is 13.8 Å². The molecule has 0 spiro atoms. The van der Waals surface area contributed by atoms with Crippen LogP contribution >= 0.6 is 0 Å². The van der Waals surface area contributed by atoms with E-state index in [0.29, 0.717) is 18.5 Å². The minimum absolute atomic E-state index is 0.0583. The second kappa shape index (κ2) is 13.7. The molecule has 1 aromatic carbocycles. The highest BCUT2D eigenvalue weighted by atomic mass is 16.5. The summed E-state index contributed by atoms with van der Waals surface area (Å²) in [4.78, 5) is 63.4. The van der Waals surface area contributed by atoms with Gasteiger partial charge in [-0.2, -0.15) is 0 Å². The molecule has 4 N–H and O–H groups in total. The first-order chi connectivity index (χ1) is 18.2. The van der Waals surface area contributed by atoms with Crippen molar-refractivity contribution in [1.29, 1.82) is 0 Å². The number of esters is 1. The first-order valence-electron chi connectivity index (χ1n) is 13.3. The normalized spacial score (nSPS) is 19.4. The predicted octanol–water partition coefficient (Wildman–Crippen LogP) is 1.53. The van der Waals surface area contributed by atoms with Gasteiger partial charge in [0.1, 0.15) is 12.1 Å². The van der Waals surface area contributed by atoms with Crippen molar-refractivity contribution >= 4 is 29.6 Å². The standard InChI is InChI=1S/C28H38N4O6/c1-4-38-22(33)13-12-21(16-20-14-15-29-25(20)34)30-28(37)24(18-8-6-5-7-9-18)32-27(36)23(17(2)3)31-26(35)19-10-11-19/h5-9,12-13,17,19-21,23-24H,4,10-11,14-16H2,1-3H3,(H,29,34)(H,30,37)(H,31,35)(H,32,36)/b13-12+/t20-,21+,23-,24-/m0/s1. The summed E-state index contributed by atoms with van der Waals surface area (Å²) in [5.41, 5.74) is 0.557. The molecule has 1 aromatic rings. The van der Waals surface area contributed by atoms with Crippen molar-refractivity contribution in [2.24, 2.45) is 17.8 Å². The van der Waals surface area contributed by atoms with Gasteiger partial charge in [0, 0.05) is 30.5 Å².